The molecule has 0 radical (unpaired) electrons. The SMILES string of the molecule is Cc1cc(B(O)O)ccc1C(=O)OC(C)(C)C.Cc1cc(B2OB(c3ccc(C(=O)OC(C)(C)C)c(C)c3)OB(c3ccc(C(=O)OC(C)(C)C)c(C)c3)O2)ccc1C(=O)OC(C)(C)C.Cc1cc(Br)ccc1C(=O)OC(C)(C)C.[I][V]([I])[I].[I][V][I]. The molecule has 0 spiro atoms. The molecule has 471 valence electrons. The van der Waals surface area contributed by atoms with Crippen LogP contribution in [0.4, 0.5) is 0 Å². The first-order valence-electron chi connectivity index (χ1n) is 27.1. The quantitative estimate of drug-likeness (QED) is 0.0611. The Labute approximate surface area is 591 Å². The fourth-order valence-electron chi connectivity index (χ4n) is 7.69. The van der Waals surface area contributed by atoms with Crippen LogP contribution in [-0.4, -0.2) is 96.4 Å². The molecule has 0 aromatic heterocycles. The summed E-state index contributed by atoms with van der Waals surface area (Å²) in [5.41, 5.74) is 5.51. The van der Waals surface area contributed by atoms with Crippen molar-refractivity contribution in [3.8, 4) is 0 Å². The van der Waals surface area contributed by atoms with Gasteiger partial charge in [0, 0.05) is 4.47 Å². The molecule has 5 aromatic rings. The molecular weight excluding hydrogens is 1820 g/mol. The van der Waals surface area contributed by atoms with E-state index in [1.54, 1.807) is 76.2 Å². The van der Waals surface area contributed by atoms with E-state index in [4.69, 9.17) is 47.4 Å². The summed E-state index contributed by atoms with van der Waals surface area (Å²) in [6.07, 6.45) is 0. The summed E-state index contributed by atoms with van der Waals surface area (Å²) >= 11 is 15.5. The number of ether oxygens (including phenoxy) is 5. The monoisotopic (exact) mass is 1900 g/mol. The summed E-state index contributed by atoms with van der Waals surface area (Å²) in [5, 5.41) is 18.0. The van der Waals surface area contributed by atoms with E-state index in [2.05, 4.69) is 116 Å². The predicted octanol–water partition coefficient (Wildman–Crippen LogP) is 13.8. The third kappa shape index (κ3) is 31.1. The minimum absolute atomic E-state index is 0.271. The average molecular weight is 1900 g/mol. The molecule has 15 nitrogen and oxygen atoms in total. The van der Waals surface area contributed by atoms with E-state index in [1.807, 2.05) is 141 Å². The molecule has 6 rings (SSSR count). The summed E-state index contributed by atoms with van der Waals surface area (Å²) in [7, 11) is -3.57. The molecule has 0 bridgehead atoms. The Kier molecular flexibility index (Phi) is 34.3. The molecule has 2 N–H and O–H groups in total. The summed E-state index contributed by atoms with van der Waals surface area (Å²) in [6, 6.07) is 26.0. The Morgan fingerprint density at radius 3 is 0.828 bits per heavy atom. The van der Waals surface area contributed by atoms with Crippen LogP contribution in [0.5, 0.6) is 0 Å². The second-order valence-electron chi connectivity index (χ2n) is 24.8. The molecular formula is C60H77B4BrI5O15V2. The van der Waals surface area contributed by atoms with Crippen LogP contribution in [0.2, 0.25) is 0 Å². The van der Waals surface area contributed by atoms with Gasteiger partial charge in [0.2, 0.25) is 0 Å². The second-order valence-corrected chi connectivity index (χ2v) is 72.9. The van der Waals surface area contributed by atoms with Crippen molar-refractivity contribution in [2.24, 2.45) is 0 Å². The summed E-state index contributed by atoms with van der Waals surface area (Å²) in [4.78, 5) is 61.8. The molecule has 1 aliphatic heterocycles. The number of benzene rings is 5. The van der Waals surface area contributed by atoms with E-state index in [-0.39, 0.29) is 10.9 Å². The fraction of sp³-hybridized carbons (Fsp3) is 0.417. The van der Waals surface area contributed by atoms with Gasteiger partial charge in [-0.2, -0.15) is 0 Å². The van der Waals surface area contributed by atoms with Gasteiger partial charge in [-0.25, -0.2) is 24.0 Å². The average Bonchev–Trinajstić information content (AvgIpc) is 2.83. The minimum atomic E-state index is -1.53. The Hall–Kier alpha value is -1.19. The van der Waals surface area contributed by atoms with Crippen molar-refractivity contribution in [1.29, 1.82) is 0 Å². The number of aryl methyl sites for hydroxylation is 5. The van der Waals surface area contributed by atoms with Gasteiger partial charge in [-0.1, -0.05) is 64.5 Å². The van der Waals surface area contributed by atoms with E-state index < -0.39 is 80.4 Å². The van der Waals surface area contributed by atoms with Crippen molar-refractivity contribution in [2.75, 3.05) is 0 Å². The number of carbonyl (C=O) groups is 5. The molecule has 1 aliphatic rings. The zero-order valence-electron chi connectivity index (χ0n) is 52.8. The Morgan fingerprint density at radius 2 is 0.632 bits per heavy atom. The van der Waals surface area contributed by atoms with Crippen molar-refractivity contribution < 1.29 is 85.8 Å². The normalized spacial score (nSPS) is 12.5. The second kappa shape index (κ2) is 36.5. The van der Waals surface area contributed by atoms with Gasteiger partial charge < -0.3 is 47.4 Å². The molecule has 0 amide bonds. The van der Waals surface area contributed by atoms with Crippen LogP contribution in [0.3, 0.4) is 0 Å². The van der Waals surface area contributed by atoms with Crippen LogP contribution < -0.4 is 21.9 Å². The van der Waals surface area contributed by atoms with Crippen LogP contribution in [0, 0.1) is 34.6 Å². The van der Waals surface area contributed by atoms with Gasteiger partial charge in [0.1, 0.15) is 28.0 Å². The number of carbonyl (C=O) groups excluding carboxylic acids is 5. The molecule has 1 heterocycles. The van der Waals surface area contributed by atoms with Crippen LogP contribution >= 0.6 is 116 Å². The van der Waals surface area contributed by atoms with Gasteiger partial charge >= 0.3 is 173 Å². The van der Waals surface area contributed by atoms with Gasteiger partial charge in [0.05, 0.1) is 27.8 Å². The third-order valence-corrected chi connectivity index (χ3v) is 11.6. The molecule has 87 heavy (non-hydrogen) atoms. The van der Waals surface area contributed by atoms with Crippen molar-refractivity contribution in [3.63, 3.8) is 0 Å². The van der Waals surface area contributed by atoms with Crippen molar-refractivity contribution in [3.05, 3.63) is 151 Å². The van der Waals surface area contributed by atoms with Crippen LogP contribution in [0.15, 0.2) is 95.5 Å². The molecule has 0 atom stereocenters. The maximum atomic E-state index is 12.8. The predicted molar refractivity (Wildman–Crippen MR) is 389 cm³/mol. The fourth-order valence-corrected chi connectivity index (χ4v) is 8.17. The molecule has 5 aromatic carbocycles. The third-order valence-electron chi connectivity index (χ3n) is 11.1. The molecule has 1 fully saturated rings. The number of hydrogen-bond donors (Lipinski definition) is 2. The van der Waals surface area contributed by atoms with E-state index in [9.17, 15) is 24.0 Å². The van der Waals surface area contributed by atoms with Crippen LogP contribution in [-0.2, 0) is 51.8 Å². The van der Waals surface area contributed by atoms with E-state index >= 15 is 0 Å². The van der Waals surface area contributed by atoms with Gasteiger partial charge in [-0.15, -0.1) is 0 Å². The van der Waals surface area contributed by atoms with Crippen molar-refractivity contribution in [1.82, 2.24) is 0 Å². The molecule has 27 heteroatoms. The number of halogens is 6. The first kappa shape index (κ1) is 81.9. The zero-order chi connectivity index (χ0) is 66.9. The molecule has 0 aliphatic carbocycles. The van der Waals surface area contributed by atoms with Gasteiger partial charge in [-0.05, 0) is 231 Å². The summed E-state index contributed by atoms with van der Waals surface area (Å²) < 4.78 is 47.4. The topological polar surface area (TPSA) is 200 Å². The first-order valence-corrected chi connectivity index (χ1v) is 50.4. The first-order chi connectivity index (χ1) is 39.7. The molecule has 0 unspecified atom stereocenters. The zero-order valence-corrected chi connectivity index (χ0v) is 68.0. The van der Waals surface area contributed by atoms with E-state index in [0.29, 0.717) is 81.4 Å². The molecule has 0 saturated carbocycles. The number of esters is 5. The van der Waals surface area contributed by atoms with Gasteiger partial charge in [-0.3, -0.25) is 0 Å². The van der Waals surface area contributed by atoms with E-state index in [0.717, 1.165) is 10.0 Å². The maximum absolute atomic E-state index is 12.8. The summed E-state index contributed by atoms with van der Waals surface area (Å²) in [6.45, 7) is 36.5. The standard InChI is InChI=1S/C36H45B3O9.C12H17BO4.C12H15BrO2.5HI.2V/c1-22-19-25(13-16-28(22)31(40)43-34(4,5)6)37-46-38(26-14-17-29(23(2)20-26)32(41)44-35(7,8)9)48-39(47-37)27-15-18-30(24(3)21-27)33(42)45-36(10,11)12;1-8-7-9(13(15)16)5-6-10(8)11(14)17-12(2,3)4;1-8-7-9(13)5-6-10(8)11(14)15-12(2,3)4;;;;;;;/h13-21H,1-12H3;5-7,15-16H,1-4H3;5-7H,1-4H3;5*1H;;/q;;;;;;;;+2;+3/p-5. The Balaban J connectivity index is 0.000000534. The number of hydrogen-bond acceptors (Lipinski definition) is 15. The van der Waals surface area contributed by atoms with Gasteiger partial charge in [0.15, 0.2) is 0 Å². The summed E-state index contributed by atoms with van der Waals surface area (Å²) in [5.74, 6) is -1.94. The van der Waals surface area contributed by atoms with Gasteiger partial charge in [0.25, 0.3) is 0 Å². The van der Waals surface area contributed by atoms with E-state index in [1.165, 1.54) is 12.1 Å². The van der Waals surface area contributed by atoms with Crippen molar-refractivity contribution >= 4 is 196 Å². The van der Waals surface area contributed by atoms with Crippen molar-refractivity contribution in [2.45, 2.75) is 166 Å². The Bertz CT molecular complexity index is 2960. The number of rotatable bonds is 9. The molecule has 1 saturated heterocycles. The Morgan fingerprint density at radius 1 is 0.425 bits per heavy atom. The van der Waals surface area contributed by atoms with Crippen LogP contribution in [0.25, 0.3) is 0 Å². The van der Waals surface area contributed by atoms with Crippen LogP contribution in [0.1, 0.15) is 183 Å².